The van der Waals surface area contributed by atoms with Crippen LogP contribution < -0.4 is 0 Å². The molecule has 0 unspecified atom stereocenters. The zero-order valence-electron chi connectivity index (χ0n) is 11.7. The highest BCUT2D eigenvalue weighted by Crippen LogP contribution is 2.28. The normalized spacial score (nSPS) is 15.6. The highest BCUT2D eigenvalue weighted by molar-refractivity contribution is 8.03. The zero-order chi connectivity index (χ0) is 14.9. The van der Waals surface area contributed by atoms with Gasteiger partial charge >= 0.3 is 0 Å². The molecule has 4 nitrogen and oxygen atoms in total. The summed E-state index contributed by atoms with van der Waals surface area (Å²) in [4.78, 5) is 2.17. The Morgan fingerprint density at radius 1 is 1.29 bits per heavy atom. The van der Waals surface area contributed by atoms with E-state index in [2.05, 4.69) is 27.1 Å². The molecule has 0 radical (unpaired) electrons. The number of nitriles is 1. The molecule has 1 fully saturated rings. The molecule has 1 saturated heterocycles. The Kier molecular flexibility index (Phi) is 5.87. The van der Waals surface area contributed by atoms with Gasteiger partial charge in [0.15, 0.2) is 5.70 Å². The molecule has 1 aliphatic rings. The molecule has 1 heterocycles. The van der Waals surface area contributed by atoms with Gasteiger partial charge < -0.3 is 4.90 Å². The van der Waals surface area contributed by atoms with Crippen molar-refractivity contribution in [2.75, 3.05) is 18.8 Å². The van der Waals surface area contributed by atoms with E-state index in [1.807, 2.05) is 30.3 Å². The van der Waals surface area contributed by atoms with Crippen molar-refractivity contribution >= 4 is 17.4 Å². The van der Waals surface area contributed by atoms with Crippen LogP contribution in [0, 0.1) is 23.7 Å². The number of hydrogen-bond acceptors (Lipinski definition) is 5. The van der Waals surface area contributed by atoms with Gasteiger partial charge in [0.05, 0.1) is 11.4 Å². The van der Waals surface area contributed by atoms with Crippen molar-refractivity contribution in [2.45, 2.75) is 12.8 Å². The summed E-state index contributed by atoms with van der Waals surface area (Å²) in [7, 11) is 0. The van der Waals surface area contributed by atoms with Gasteiger partial charge in [-0.3, -0.25) is 0 Å². The molecule has 5 heteroatoms. The Morgan fingerprint density at radius 2 is 2.00 bits per heavy atom. The lowest BCUT2D eigenvalue weighted by molar-refractivity contribution is 0.453. The number of nitrogens with zero attached hydrogens (tertiary/aromatic N) is 4. The van der Waals surface area contributed by atoms with E-state index in [1.165, 1.54) is 11.8 Å². The molecule has 1 aromatic rings. The number of terminal acetylenes is 1. The van der Waals surface area contributed by atoms with Crippen LogP contribution in [0.3, 0.4) is 0 Å². The second-order valence-electron chi connectivity index (χ2n) is 4.49. The first-order valence-corrected chi connectivity index (χ1v) is 7.76. The summed E-state index contributed by atoms with van der Waals surface area (Å²) >= 11 is 1.48. The van der Waals surface area contributed by atoms with Gasteiger partial charge in [-0.1, -0.05) is 35.9 Å². The molecule has 0 bridgehead atoms. The minimum atomic E-state index is 0.334. The SMILES string of the molecule is C#CCS/C(=C(\C#N)N=Nc1ccccc1)N1CCCC1. The summed E-state index contributed by atoms with van der Waals surface area (Å²) < 4.78 is 0. The molecule has 0 spiro atoms. The fourth-order valence-corrected chi connectivity index (χ4v) is 2.86. The standard InChI is InChI=1S/C16H16N4S/c1-2-12-21-16(20-10-6-7-11-20)15(13-17)19-18-14-8-4-3-5-9-14/h1,3-5,8-9H,6-7,10-12H2/b16-15+,19-18?. The Hall–Kier alpha value is -2.24. The molecule has 106 valence electrons. The van der Waals surface area contributed by atoms with Crippen molar-refractivity contribution in [3.05, 3.63) is 41.1 Å². The lowest BCUT2D eigenvalue weighted by Crippen LogP contribution is -2.18. The van der Waals surface area contributed by atoms with Crippen LogP contribution >= 0.6 is 11.8 Å². The number of benzene rings is 1. The first kappa shape index (κ1) is 15.2. The van der Waals surface area contributed by atoms with Crippen molar-refractivity contribution in [1.29, 1.82) is 5.26 Å². The topological polar surface area (TPSA) is 51.8 Å². The highest BCUT2D eigenvalue weighted by Gasteiger charge is 2.19. The predicted molar refractivity (Wildman–Crippen MR) is 85.7 cm³/mol. The monoisotopic (exact) mass is 296 g/mol. The van der Waals surface area contributed by atoms with Crippen LogP contribution in [0.2, 0.25) is 0 Å². The maximum atomic E-state index is 9.38. The highest BCUT2D eigenvalue weighted by atomic mass is 32.2. The lowest BCUT2D eigenvalue weighted by atomic mass is 10.3. The van der Waals surface area contributed by atoms with Gasteiger partial charge in [0.2, 0.25) is 0 Å². The predicted octanol–water partition coefficient (Wildman–Crippen LogP) is 3.93. The largest absolute Gasteiger partial charge is 0.364 e. The summed E-state index contributed by atoms with van der Waals surface area (Å²) in [6, 6.07) is 11.5. The molecular formula is C16H16N4S. The van der Waals surface area contributed by atoms with Gasteiger partial charge in [0, 0.05) is 13.1 Å². The summed E-state index contributed by atoms with van der Waals surface area (Å²) in [6.07, 6.45) is 7.60. The molecule has 2 rings (SSSR count). The van der Waals surface area contributed by atoms with E-state index in [0.29, 0.717) is 11.4 Å². The Balaban J connectivity index is 2.25. The molecule has 0 saturated carbocycles. The van der Waals surface area contributed by atoms with E-state index >= 15 is 0 Å². The van der Waals surface area contributed by atoms with Crippen LogP contribution in [0.25, 0.3) is 0 Å². The first-order chi connectivity index (χ1) is 10.3. The average Bonchev–Trinajstić information content (AvgIpc) is 3.05. The molecule has 0 atom stereocenters. The van der Waals surface area contributed by atoms with Crippen molar-refractivity contribution in [3.63, 3.8) is 0 Å². The van der Waals surface area contributed by atoms with E-state index < -0.39 is 0 Å². The molecule has 21 heavy (non-hydrogen) atoms. The van der Waals surface area contributed by atoms with Gasteiger partial charge in [0.25, 0.3) is 0 Å². The van der Waals surface area contributed by atoms with Gasteiger partial charge in [-0.15, -0.1) is 16.7 Å². The Labute approximate surface area is 129 Å². The summed E-state index contributed by atoms with van der Waals surface area (Å²) in [5.74, 6) is 3.12. The second kappa shape index (κ2) is 8.14. The maximum Gasteiger partial charge on any atom is 0.192 e. The molecule has 0 N–H and O–H groups in total. The van der Waals surface area contributed by atoms with Crippen LogP contribution in [-0.2, 0) is 0 Å². The van der Waals surface area contributed by atoms with Crippen molar-refractivity contribution in [1.82, 2.24) is 4.90 Å². The molecule has 1 aliphatic heterocycles. The van der Waals surface area contributed by atoms with Gasteiger partial charge in [-0.25, -0.2) is 0 Å². The van der Waals surface area contributed by atoms with Crippen LogP contribution in [-0.4, -0.2) is 23.7 Å². The fourth-order valence-electron chi connectivity index (χ4n) is 2.06. The number of thioether (sulfide) groups is 1. The van der Waals surface area contributed by atoms with Crippen molar-refractivity contribution < 1.29 is 0 Å². The lowest BCUT2D eigenvalue weighted by Gasteiger charge is -2.20. The van der Waals surface area contributed by atoms with Gasteiger partial charge in [-0.2, -0.15) is 5.26 Å². The molecule has 0 amide bonds. The number of hydrogen-bond donors (Lipinski definition) is 0. The van der Waals surface area contributed by atoms with E-state index in [-0.39, 0.29) is 0 Å². The van der Waals surface area contributed by atoms with Crippen LogP contribution in [0.1, 0.15) is 12.8 Å². The smallest absolute Gasteiger partial charge is 0.192 e. The number of allylic oxidation sites excluding steroid dienone is 1. The van der Waals surface area contributed by atoms with Gasteiger partial charge in [0.1, 0.15) is 11.1 Å². The maximum absolute atomic E-state index is 9.38. The Bertz CT molecular complexity index is 601. The first-order valence-electron chi connectivity index (χ1n) is 6.77. The minimum absolute atomic E-state index is 0.334. The number of likely N-dealkylation sites (tertiary alicyclic amines) is 1. The van der Waals surface area contributed by atoms with Crippen molar-refractivity contribution in [2.24, 2.45) is 10.2 Å². The van der Waals surface area contributed by atoms with Gasteiger partial charge in [-0.05, 0) is 25.0 Å². The van der Waals surface area contributed by atoms with E-state index in [1.54, 1.807) is 0 Å². The third-order valence-corrected chi connectivity index (χ3v) is 4.05. The minimum Gasteiger partial charge on any atom is -0.364 e. The third kappa shape index (κ3) is 4.37. The number of azo groups is 1. The van der Waals surface area contributed by atoms with E-state index in [9.17, 15) is 5.26 Å². The number of rotatable bonds is 5. The van der Waals surface area contributed by atoms with Crippen LogP contribution in [0.15, 0.2) is 51.3 Å². The van der Waals surface area contributed by atoms with Crippen LogP contribution in [0.5, 0.6) is 0 Å². The van der Waals surface area contributed by atoms with E-state index in [4.69, 9.17) is 6.42 Å². The zero-order valence-corrected chi connectivity index (χ0v) is 12.5. The average molecular weight is 296 g/mol. The summed E-state index contributed by atoms with van der Waals surface area (Å²) in [5.41, 5.74) is 1.06. The molecular weight excluding hydrogens is 280 g/mol. The summed E-state index contributed by atoms with van der Waals surface area (Å²) in [5, 5.41) is 18.5. The third-order valence-electron chi connectivity index (χ3n) is 3.02. The quantitative estimate of drug-likeness (QED) is 0.470. The molecule has 1 aromatic carbocycles. The summed E-state index contributed by atoms with van der Waals surface area (Å²) in [6.45, 7) is 1.89. The van der Waals surface area contributed by atoms with E-state index in [0.717, 1.165) is 36.6 Å². The molecule has 0 aromatic heterocycles. The second-order valence-corrected chi connectivity index (χ2v) is 5.45. The molecule has 0 aliphatic carbocycles. The Morgan fingerprint density at radius 3 is 2.62 bits per heavy atom. The fraction of sp³-hybridized carbons (Fsp3) is 0.312. The van der Waals surface area contributed by atoms with Crippen molar-refractivity contribution in [3.8, 4) is 18.4 Å². The van der Waals surface area contributed by atoms with Crippen LogP contribution in [0.4, 0.5) is 5.69 Å².